The van der Waals surface area contributed by atoms with Gasteiger partial charge < -0.3 is 10.2 Å². The highest BCUT2D eigenvalue weighted by Gasteiger charge is 2.41. The molecule has 0 saturated carbocycles. The van der Waals surface area contributed by atoms with Gasteiger partial charge in [0.25, 0.3) is 5.91 Å². The van der Waals surface area contributed by atoms with Crippen molar-refractivity contribution in [2.45, 2.75) is 19.4 Å². The van der Waals surface area contributed by atoms with Crippen LogP contribution >= 0.6 is 11.3 Å². The highest BCUT2D eigenvalue weighted by Crippen LogP contribution is 2.31. The molecule has 1 N–H and O–H groups in total. The molecule has 0 unspecified atom stereocenters. The third kappa shape index (κ3) is 2.78. The number of rotatable bonds is 2. The lowest BCUT2D eigenvalue weighted by Crippen LogP contribution is -2.35. The number of thiophene rings is 1. The van der Waals surface area contributed by atoms with Gasteiger partial charge >= 0.3 is 0 Å². The number of benzene rings is 1. The molecule has 0 radical (unpaired) electrons. The topological polar surface area (TPSA) is 75.2 Å². The molecule has 5 rings (SSSR count). The average Bonchev–Trinajstić information content (AvgIpc) is 3.34. The van der Waals surface area contributed by atoms with Gasteiger partial charge in [0.1, 0.15) is 5.82 Å². The minimum absolute atomic E-state index is 0.0188. The highest BCUT2D eigenvalue weighted by atomic mass is 32.1. The van der Waals surface area contributed by atoms with Crippen LogP contribution in [0.2, 0.25) is 0 Å². The van der Waals surface area contributed by atoms with Crippen molar-refractivity contribution in [3.63, 3.8) is 0 Å². The number of aryl methyl sites for hydroxylation is 1. The van der Waals surface area contributed by atoms with Crippen LogP contribution in [0.5, 0.6) is 0 Å². The summed E-state index contributed by atoms with van der Waals surface area (Å²) in [6.07, 6.45) is 0.525. The van der Waals surface area contributed by atoms with E-state index in [4.69, 9.17) is 0 Å². The van der Waals surface area contributed by atoms with Crippen molar-refractivity contribution in [2.75, 3.05) is 13.1 Å². The van der Waals surface area contributed by atoms with E-state index in [0.717, 1.165) is 27.3 Å². The minimum atomic E-state index is 0.0188. The molecule has 6 nitrogen and oxygen atoms in total. The quantitative estimate of drug-likeness (QED) is 0.744. The molecule has 2 saturated heterocycles. The van der Waals surface area contributed by atoms with Crippen LogP contribution in [0.3, 0.4) is 0 Å². The predicted molar refractivity (Wildman–Crippen MR) is 104 cm³/mol. The molecular formula is C20H18N4O2S. The Morgan fingerprint density at radius 3 is 2.78 bits per heavy atom. The molecule has 2 fully saturated rings. The third-order valence-corrected chi connectivity index (χ3v) is 6.25. The SMILES string of the molecule is Cc1nc(-c2ccc(C(=O)N3C[C@@H]4CC(=O)N[C@@H]4C3)cc2)c2sccc2n1. The average molecular weight is 378 g/mol. The van der Waals surface area contributed by atoms with Gasteiger partial charge in [-0.3, -0.25) is 9.59 Å². The molecule has 0 spiro atoms. The Bertz CT molecular complexity index is 1040. The third-order valence-electron chi connectivity index (χ3n) is 5.34. The summed E-state index contributed by atoms with van der Waals surface area (Å²) in [5.41, 5.74) is 3.51. The van der Waals surface area contributed by atoms with Gasteiger partial charge in [-0.05, 0) is 30.5 Å². The van der Waals surface area contributed by atoms with Crippen LogP contribution in [0.4, 0.5) is 0 Å². The number of nitrogens with one attached hydrogen (secondary N) is 1. The smallest absolute Gasteiger partial charge is 0.253 e. The van der Waals surface area contributed by atoms with E-state index in [1.807, 2.05) is 47.5 Å². The van der Waals surface area contributed by atoms with Crippen LogP contribution in [0.1, 0.15) is 22.6 Å². The Morgan fingerprint density at radius 2 is 2.00 bits per heavy atom. The Labute approximate surface area is 160 Å². The molecule has 2 aliphatic heterocycles. The summed E-state index contributed by atoms with van der Waals surface area (Å²) in [7, 11) is 0. The number of hydrogen-bond donors (Lipinski definition) is 1. The first-order valence-corrected chi connectivity index (χ1v) is 9.87. The molecule has 1 aromatic carbocycles. The summed E-state index contributed by atoms with van der Waals surface area (Å²) in [5, 5.41) is 4.97. The van der Waals surface area contributed by atoms with E-state index in [1.54, 1.807) is 11.3 Å². The number of aromatic nitrogens is 2. The van der Waals surface area contributed by atoms with Gasteiger partial charge in [-0.2, -0.15) is 0 Å². The normalized spacial score (nSPS) is 21.5. The van der Waals surface area contributed by atoms with E-state index in [0.29, 0.717) is 25.1 Å². The second-order valence-corrected chi connectivity index (χ2v) is 8.10. The van der Waals surface area contributed by atoms with Gasteiger partial charge in [0.15, 0.2) is 0 Å². The zero-order chi connectivity index (χ0) is 18.5. The predicted octanol–water partition coefficient (Wildman–Crippen LogP) is 2.63. The van der Waals surface area contributed by atoms with Crippen molar-refractivity contribution in [3.05, 3.63) is 47.1 Å². The molecule has 27 heavy (non-hydrogen) atoms. The van der Waals surface area contributed by atoms with E-state index in [9.17, 15) is 9.59 Å². The lowest BCUT2D eigenvalue weighted by molar-refractivity contribution is -0.119. The largest absolute Gasteiger partial charge is 0.351 e. The summed E-state index contributed by atoms with van der Waals surface area (Å²) in [4.78, 5) is 35.2. The molecule has 0 aliphatic carbocycles. The zero-order valence-corrected chi connectivity index (χ0v) is 15.6. The van der Waals surface area contributed by atoms with Gasteiger partial charge in [-0.1, -0.05) is 12.1 Å². The molecule has 3 aromatic rings. The number of carbonyl (C=O) groups is 2. The van der Waals surface area contributed by atoms with Crippen LogP contribution in [0.25, 0.3) is 21.5 Å². The second-order valence-electron chi connectivity index (χ2n) is 7.18. The summed E-state index contributed by atoms with van der Waals surface area (Å²) < 4.78 is 1.06. The molecular weight excluding hydrogens is 360 g/mol. The molecule has 2 atom stereocenters. The number of fused-ring (bicyclic) bond motifs is 2. The fourth-order valence-corrected chi connectivity index (χ4v) is 4.88. The molecule has 136 valence electrons. The van der Waals surface area contributed by atoms with Crippen LogP contribution in [0.15, 0.2) is 35.7 Å². The number of nitrogens with zero attached hydrogens (tertiary/aromatic N) is 3. The van der Waals surface area contributed by atoms with Crippen molar-refractivity contribution in [3.8, 4) is 11.3 Å². The maximum atomic E-state index is 12.8. The molecule has 2 aromatic heterocycles. The Kier molecular flexibility index (Phi) is 3.72. The Balaban J connectivity index is 1.40. The van der Waals surface area contributed by atoms with Crippen LogP contribution in [-0.2, 0) is 4.79 Å². The maximum Gasteiger partial charge on any atom is 0.253 e. The number of likely N-dealkylation sites (tertiary alicyclic amines) is 1. The standard InChI is InChI=1S/C20H18N4O2S/c1-11-21-15-6-7-27-19(15)18(22-11)12-2-4-13(5-3-12)20(26)24-9-14-8-17(25)23-16(14)10-24/h2-7,14,16H,8-10H2,1H3,(H,23,25)/t14-,16+/m0/s1. The first-order valence-electron chi connectivity index (χ1n) is 8.99. The van der Waals surface area contributed by atoms with Gasteiger partial charge in [0.2, 0.25) is 5.91 Å². The molecule has 2 aliphatic rings. The number of amides is 2. The monoisotopic (exact) mass is 378 g/mol. The van der Waals surface area contributed by atoms with Crippen molar-refractivity contribution in [1.82, 2.24) is 20.2 Å². The first kappa shape index (κ1) is 16.4. The van der Waals surface area contributed by atoms with Crippen LogP contribution in [0, 0.1) is 12.8 Å². The second kappa shape index (κ2) is 6.13. The molecule has 4 heterocycles. The Morgan fingerprint density at radius 1 is 1.19 bits per heavy atom. The number of carbonyl (C=O) groups excluding carboxylic acids is 2. The fraction of sp³-hybridized carbons (Fsp3) is 0.300. The highest BCUT2D eigenvalue weighted by molar-refractivity contribution is 7.17. The van der Waals surface area contributed by atoms with Gasteiger partial charge in [0, 0.05) is 36.6 Å². The van der Waals surface area contributed by atoms with E-state index in [-0.39, 0.29) is 23.8 Å². The molecule has 2 amide bonds. The molecule has 0 bridgehead atoms. The van der Waals surface area contributed by atoms with Crippen molar-refractivity contribution < 1.29 is 9.59 Å². The summed E-state index contributed by atoms with van der Waals surface area (Å²) in [5.74, 6) is 1.10. The lowest BCUT2D eigenvalue weighted by Gasteiger charge is -2.17. The van der Waals surface area contributed by atoms with Gasteiger partial charge in [0.05, 0.1) is 22.0 Å². The fourth-order valence-electron chi connectivity index (χ4n) is 4.04. The maximum absolute atomic E-state index is 12.8. The van der Waals surface area contributed by atoms with Crippen LogP contribution in [-0.4, -0.2) is 45.8 Å². The summed E-state index contributed by atoms with van der Waals surface area (Å²) in [6.45, 7) is 3.13. The molecule has 7 heteroatoms. The van der Waals surface area contributed by atoms with E-state index >= 15 is 0 Å². The zero-order valence-electron chi connectivity index (χ0n) is 14.8. The van der Waals surface area contributed by atoms with Crippen LogP contribution < -0.4 is 5.32 Å². The van der Waals surface area contributed by atoms with Gasteiger partial charge in [-0.15, -0.1) is 11.3 Å². The van der Waals surface area contributed by atoms with E-state index < -0.39 is 0 Å². The number of hydrogen-bond acceptors (Lipinski definition) is 5. The van der Waals surface area contributed by atoms with E-state index in [1.165, 1.54) is 0 Å². The van der Waals surface area contributed by atoms with Gasteiger partial charge in [-0.25, -0.2) is 9.97 Å². The van der Waals surface area contributed by atoms with Crippen molar-refractivity contribution in [1.29, 1.82) is 0 Å². The lowest BCUT2D eigenvalue weighted by atomic mass is 10.1. The first-order chi connectivity index (χ1) is 13.1. The minimum Gasteiger partial charge on any atom is -0.351 e. The summed E-state index contributed by atoms with van der Waals surface area (Å²) in [6, 6.07) is 9.73. The summed E-state index contributed by atoms with van der Waals surface area (Å²) >= 11 is 1.62. The Hall–Kier alpha value is -2.80. The van der Waals surface area contributed by atoms with E-state index in [2.05, 4.69) is 15.3 Å². The van der Waals surface area contributed by atoms with Crippen molar-refractivity contribution >= 4 is 33.4 Å². The van der Waals surface area contributed by atoms with Crippen molar-refractivity contribution in [2.24, 2.45) is 5.92 Å².